The first-order valence-corrected chi connectivity index (χ1v) is 6.26. The fourth-order valence-corrected chi connectivity index (χ4v) is 1.75. The Balaban J connectivity index is 2.20. The molecule has 4 heteroatoms. The number of rotatable bonds is 7. The largest absolute Gasteiger partial charge is 0.396 e. The second-order valence-electron chi connectivity index (χ2n) is 4.36. The summed E-state index contributed by atoms with van der Waals surface area (Å²) in [4.78, 5) is 0. The van der Waals surface area contributed by atoms with Gasteiger partial charge in [0.1, 0.15) is 5.82 Å². The van der Waals surface area contributed by atoms with Gasteiger partial charge in [-0.2, -0.15) is 0 Å². The third-order valence-corrected chi connectivity index (χ3v) is 2.96. The zero-order chi connectivity index (χ0) is 12.7. The van der Waals surface area contributed by atoms with Crippen LogP contribution in [0.5, 0.6) is 0 Å². The van der Waals surface area contributed by atoms with Crippen molar-refractivity contribution in [3.8, 4) is 0 Å². The van der Waals surface area contributed by atoms with Crippen LogP contribution in [0.4, 0.5) is 4.39 Å². The summed E-state index contributed by atoms with van der Waals surface area (Å²) in [5, 5.41) is 12.3. The van der Waals surface area contributed by atoms with Crippen LogP contribution in [-0.4, -0.2) is 18.3 Å². The van der Waals surface area contributed by atoms with Gasteiger partial charge in [0, 0.05) is 13.2 Å². The van der Waals surface area contributed by atoms with Crippen molar-refractivity contribution in [2.24, 2.45) is 5.92 Å². The minimum absolute atomic E-state index is 0.165. The van der Waals surface area contributed by atoms with Gasteiger partial charge < -0.3 is 10.4 Å². The molecule has 0 spiro atoms. The second kappa shape index (κ2) is 7.64. The van der Waals surface area contributed by atoms with Crippen LogP contribution in [-0.2, 0) is 6.54 Å². The molecule has 0 saturated carbocycles. The van der Waals surface area contributed by atoms with Crippen LogP contribution >= 0.6 is 11.6 Å². The molecule has 0 aromatic heterocycles. The maximum absolute atomic E-state index is 12.9. The monoisotopic (exact) mass is 259 g/mol. The summed E-state index contributed by atoms with van der Waals surface area (Å²) < 4.78 is 12.9. The Labute approximate surface area is 107 Å². The summed E-state index contributed by atoms with van der Waals surface area (Å²) in [7, 11) is 0. The zero-order valence-corrected chi connectivity index (χ0v) is 10.8. The normalized spacial score (nSPS) is 12.7. The third kappa shape index (κ3) is 5.48. The molecule has 0 aliphatic heterocycles. The van der Waals surface area contributed by atoms with E-state index in [1.807, 2.05) is 6.92 Å². The first kappa shape index (κ1) is 14.4. The van der Waals surface area contributed by atoms with Gasteiger partial charge in [-0.15, -0.1) is 0 Å². The standard InChI is InChI=1S/C13H19ClFNO/c1-10(9-17)3-2-6-16-8-11-4-5-13(15)12(14)7-11/h4-5,7,10,16-17H,2-3,6,8-9H2,1H3. The van der Waals surface area contributed by atoms with Crippen LogP contribution in [0.25, 0.3) is 0 Å². The predicted molar refractivity (Wildman–Crippen MR) is 68.6 cm³/mol. The van der Waals surface area contributed by atoms with Crippen LogP contribution in [0.1, 0.15) is 25.3 Å². The highest BCUT2D eigenvalue weighted by molar-refractivity contribution is 6.30. The second-order valence-corrected chi connectivity index (χ2v) is 4.76. The van der Waals surface area contributed by atoms with E-state index < -0.39 is 0 Å². The number of hydrogen-bond acceptors (Lipinski definition) is 2. The van der Waals surface area contributed by atoms with Gasteiger partial charge in [-0.05, 0) is 43.0 Å². The summed E-state index contributed by atoms with van der Waals surface area (Å²) in [6.07, 6.45) is 2.03. The summed E-state index contributed by atoms with van der Waals surface area (Å²) in [5.74, 6) is -0.0238. The highest BCUT2D eigenvalue weighted by atomic mass is 35.5. The molecule has 0 saturated heterocycles. The zero-order valence-electron chi connectivity index (χ0n) is 10.0. The molecular weight excluding hydrogens is 241 g/mol. The van der Waals surface area contributed by atoms with E-state index in [9.17, 15) is 4.39 Å². The van der Waals surface area contributed by atoms with Crippen molar-refractivity contribution in [2.75, 3.05) is 13.2 Å². The van der Waals surface area contributed by atoms with Crippen LogP contribution in [0.2, 0.25) is 5.02 Å². The van der Waals surface area contributed by atoms with E-state index in [4.69, 9.17) is 16.7 Å². The van der Waals surface area contributed by atoms with Gasteiger partial charge in [0.25, 0.3) is 0 Å². The summed E-state index contributed by atoms with van der Waals surface area (Å²) >= 11 is 5.68. The minimum atomic E-state index is -0.382. The number of hydrogen-bond donors (Lipinski definition) is 2. The van der Waals surface area contributed by atoms with Gasteiger partial charge in [-0.25, -0.2) is 4.39 Å². The van der Waals surface area contributed by atoms with E-state index in [-0.39, 0.29) is 17.4 Å². The molecule has 96 valence electrons. The molecule has 0 amide bonds. The van der Waals surface area contributed by atoms with Gasteiger partial charge in [-0.1, -0.05) is 24.6 Å². The van der Waals surface area contributed by atoms with Crippen LogP contribution < -0.4 is 5.32 Å². The number of benzene rings is 1. The molecule has 0 bridgehead atoms. The number of aliphatic hydroxyl groups is 1. The lowest BCUT2D eigenvalue weighted by Gasteiger charge is -2.08. The lowest BCUT2D eigenvalue weighted by atomic mass is 10.1. The Hall–Kier alpha value is -0.640. The molecule has 0 radical (unpaired) electrons. The average molecular weight is 260 g/mol. The van der Waals surface area contributed by atoms with Gasteiger partial charge in [-0.3, -0.25) is 0 Å². The van der Waals surface area contributed by atoms with E-state index in [0.717, 1.165) is 24.9 Å². The molecule has 1 rings (SSSR count). The molecule has 1 aromatic rings. The number of nitrogens with one attached hydrogen (secondary N) is 1. The van der Waals surface area contributed by atoms with Crippen molar-refractivity contribution in [3.63, 3.8) is 0 Å². The maximum atomic E-state index is 12.9. The van der Waals surface area contributed by atoms with Crippen molar-refractivity contribution in [1.29, 1.82) is 0 Å². The van der Waals surface area contributed by atoms with Crippen molar-refractivity contribution >= 4 is 11.6 Å². The van der Waals surface area contributed by atoms with Gasteiger partial charge in [0.05, 0.1) is 5.02 Å². The molecule has 0 heterocycles. The van der Waals surface area contributed by atoms with Gasteiger partial charge >= 0.3 is 0 Å². The average Bonchev–Trinajstić information content (AvgIpc) is 2.33. The number of halogens is 2. The Morgan fingerprint density at radius 3 is 2.88 bits per heavy atom. The molecule has 1 atom stereocenters. The molecule has 2 nitrogen and oxygen atoms in total. The number of aliphatic hydroxyl groups excluding tert-OH is 1. The Morgan fingerprint density at radius 2 is 2.24 bits per heavy atom. The molecule has 2 N–H and O–H groups in total. The molecule has 0 aliphatic carbocycles. The molecular formula is C13H19ClFNO. The van der Waals surface area contributed by atoms with Gasteiger partial charge in [0.2, 0.25) is 0 Å². The van der Waals surface area contributed by atoms with E-state index >= 15 is 0 Å². The lowest BCUT2D eigenvalue weighted by molar-refractivity contribution is 0.228. The summed E-state index contributed by atoms with van der Waals surface area (Å²) in [6, 6.07) is 4.75. The molecule has 17 heavy (non-hydrogen) atoms. The highest BCUT2D eigenvalue weighted by Gasteiger charge is 2.01. The highest BCUT2D eigenvalue weighted by Crippen LogP contribution is 2.15. The first-order valence-electron chi connectivity index (χ1n) is 5.89. The fourth-order valence-electron chi connectivity index (χ4n) is 1.55. The van der Waals surface area contributed by atoms with Crippen molar-refractivity contribution < 1.29 is 9.50 Å². The lowest BCUT2D eigenvalue weighted by Crippen LogP contribution is -2.16. The Bertz CT molecular complexity index is 346. The molecule has 1 unspecified atom stereocenters. The van der Waals surface area contributed by atoms with Crippen LogP contribution in [0.15, 0.2) is 18.2 Å². The topological polar surface area (TPSA) is 32.3 Å². The predicted octanol–water partition coefficient (Wildman–Crippen LogP) is 2.98. The van der Waals surface area contributed by atoms with Crippen molar-refractivity contribution in [2.45, 2.75) is 26.3 Å². The smallest absolute Gasteiger partial charge is 0.141 e. The molecule has 1 aromatic carbocycles. The summed E-state index contributed by atoms with van der Waals surface area (Å²) in [5.41, 5.74) is 0.978. The third-order valence-electron chi connectivity index (χ3n) is 2.68. The molecule has 0 aliphatic rings. The first-order chi connectivity index (χ1) is 8.13. The van der Waals surface area contributed by atoms with E-state index in [0.29, 0.717) is 12.5 Å². The quantitative estimate of drug-likeness (QED) is 0.738. The fraction of sp³-hybridized carbons (Fsp3) is 0.538. The van der Waals surface area contributed by atoms with Crippen LogP contribution in [0.3, 0.4) is 0 Å². The minimum Gasteiger partial charge on any atom is -0.396 e. The Morgan fingerprint density at radius 1 is 1.47 bits per heavy atom. The summed E-state index contributed by atoms with van der Waals surface area (Å²) in [6.45, 7) is 3.85. The maximum Gasteiger partial charge on any atom is 0.141 e. The molecule has 0 fully saturated rings. The van der Waals surface area contributed by atoms with Crippen molar-refractivity contribution in [3.05, 3.63) is 34.6 Å². The SMILES string of the molecule is CC(CO)CCCNCc1ccc(F)c(Cl)c1. The Kier molecular flexibility index (Phi) is 6.48. The van der Waals surface area contributed by atoms with Gasteiger partial charge in [0.15, 0.2) is 0 Å². The van der Waals surface area contributed by atoms with Crippen LogP contribution in [0, 0.1) is 11.7 Å². The van der Waals surface area contributed by atoms with Crippen molar-refractivity contribution in [1.82, 2.24) is 5.32 Å². The van der Waals surface area contributed by atoms with E-state index in [2.05, 4.69) is 5.32 Å². The van der Waals surface area contributed by atoms with E-state index in [1.165, 1.54) is 6.07 Å². The van der Waals surface area contributed by atoms with E-state index in [1.54, 1.807) is 12.1 Å².